The molecule has 0 aromatic heterocycles. The van der Waals surface area contributed by atoms with Crippen molar-refractivity contribution in [2.75, 3.05) is 13.1 Å². The Labute approximate surface area is 80.3 Å². The molecule has 1 amide bonds. The maximum Gasteiger partial charge on any atom is 0.233 e. The van der Waals surface area contributed by atoms with Crippen LogP contribution in [-0.4, -0.2) is 24.5 Å². The molecule has 0 atom stereocenters. The lowest BCUT2D eigenvalue weighted by molar-refractivity contribution is -0.120. The summed E-state index contributed by atoms with van der Waals surface area (Å²) in [6.07, 6.45) is 2.57. The first-order valence-corrected chi connectivity index (χ1v) is 4.99. The molecule has 1 rings (SSSR count). The number of hydrogen-bond donors (Lipinski definition) is 2. The quantitative estimate of drug-likeness (QED) is 0.681. The van der Waals surface area contributed by atoms with E-state index in [-0.39, 0.29) is 11.4 Å². The monoisotopic (exact) mass is 184 g/mol. The van der Waals surface area contributed by atoms with Crippen molar-refractivity contribution in [3.8, 4) is 0 Å². The summed E-state index contributed by atoms with van der Waals surface area (Å²) in [6, 6.07) is 0. The van der Waals surface area contributed by atoms with Gasteiger partial charge in [0.2, 0.25) is 5.91 Å². The summed E-state index contributed by atoms with van der Waals surface area (Å²) < 4.78 is 0. The summed E-state index contributed by atoms with van der Waals surface area (Å²) in [5.74, 6) is 0.875. The number of carbonyl (C=O) groups is 1. The molecular formula is C10H20N2O. The molecule has 0 aliphatic heterocycles. The standard InChI is InChI=1S/C10H20N2O/c1-10(2,3)12-7-9(13)11-6-8-4-5-8/h8,12H,4-7H2,1-3H3,(H,11,13). The second-order valence-corrected chi connectivity index (χ2v) is 4.85. The molecule has 76 valence electrons. The topological polar surface area (TPSA) is 41.1 Å². The molecule has 1 saturated carbocycles. The lowest BCUT2D eigenvalue weighted by atomic mass is 10.1. The predicted molar refractivity (Wildman–Crippen MR) is 53.5 cm³/mol. The summed E-state index contributed by atoms with van der Waals surface area (Å²) >= 11 is 0. The number of amides is 1. The Hall–Kier alpha value is -0.570. The van der Waals surface area contributed by atoms with E-state index < -0.39 is 0 Å². The molecule has 0 aromatic rings. The highest BCUT2D eigenvalue weighted by Crippen LogP contribution is 2.27. The van der Waals surface area contributed by atoms with Gasteiger partial charge >= 0.3 is 0 Å². The number of rotatable bonds is 4. The van der Waals surface area contributed by atoms with Gasteiger partial charge in [-0.05, 0) is 39.5 Å². The van der Waals surface area contributed by atoms with Crippen LogP contribution in [0.5, 0.6) is 0 Å². The first-order chi connectivity index (χ1) is 5.97. The van der Waals surface area contributed by atoms with Crippen molar-refractivity contribution in [2.45, 2.75) is 39.2 Å². The van der Waals surface area contributed by atoms with E-state index in [4.69, 9.17) is 0 Å². The average Bonchev–Trinajstić information content (AvgIpc) is 2.78. The van der Waals surface area contributed by atoms with Crippen molar-refractivity contribution in [3.05, 3.63) is 0 Å². The van der Waals surface area contributed by atoms with Gasteiger partial charge in [-0.25, -0.2) is 0 Å². The van der Waals surface area contributed by atoms with Crippen LogP contribution in [0.1, 0.15) is 33.6 Å². The van der Waals surface area contributed by atoms with Crippen LogP contribution in [0.3, 0.4) is 0 Å². The Morgan fingerprint density at radius 3 is 2.46 bits per heavy atom. The van der Waals surface area contributed by atoms with Crippen molar-refractivity contribution in [3.63, 3.8) is 0 Å². The molecule has 0 aromatic carbocycles. The van der Waals surface area contributed by atoms with Gasteiger partial charge in [0.15, 0.2) is 0 Å². The first kappa shape index (κ1) is 10.5. The van der Waals surface area contributed by atoms with Crippen molar-refractivity contribution >= 4 is 5.91 Å². The van der Waals surface area contributed by atoms with Crippen molar-refractivity contribution < 1.29 is 4.79 Å². The van der Waals surface area contributed by atoms with Gasteiger partial charge in [0.25, 0.3) is 0 Å². The minimum Gasteiger partial charge on any atom is -0.355 e. The number of carbonyl (C=O) groups excluding carboxylic acids is 1. The van der Waals surface area contributed by atoms with E-state index >= 15 is 0 Å². The van der Waals surface area contributed by atoms with Gasteiger partial charge in [-0.2, -0.15) is 0 Å². The lowest BCUT2D eigenvalue weighted by Crippen LogP contribution is -2.43. The second-order valence-electron chi connectivity index (χ2n) is 4.85. The Bertz CT molecular complexity index is 180. The summed E-state index contributed by atoms with van der Waals surface area (Å²) in [5.41, 5.74) is 0.0247. The van der Waals surface area contributed by atoms with Crippen LogP contribution in [0.4, 0.5) is 0 Å². The van der Waals surface area contributed by atoms with Crippen LogP contribution in [0.15, 0.2) is 0 Å². The Kier molecular flexibility index (Phi) is 3.31. The van der Waals surface area contributed by atoms with Crippen LogP contribution < -0.4 is 10.6 Å². The zero-order valence-corrected chi connectivity index (χ0v) is 8.81. The molecule has 1 aliphatic rings. The molecule has 0 unspecified atom stereocenters. The van der Waals surface area contributed by atoms with Crippen molar-refractivity contribution in [2.24, 2.45) is 5.92 Å². The molecule has 3 heteroatoms. The van der Waals surface area contributed by atoms with E-state index in [1.807, 2.05) is 0 Å². The third-order valence-corrected chi connectivity index (χ3v) is 2.06. The Morgan fingerprint density at radius 2 is 2.00 bits per heavy atom. The zero-order valence-electron chi connectivity index (χ0n) is 8.81. The molecule has 1 aliphatic carbocycles. The second kappa shape index (κ2) is 4.09. The molecule has 0 bridgehead atoms. The molecule has 0 heterocycles. The maximum absolute atomic E-state index is 11.2. The van der Waals surface area contributed by atoms with Crippen LogP contribution in [-0.2, 0) is 4.79 Å². The molecule has 2 N–H and O–H groups in total. The van der Waals surface area contributed by atoms with Crippen molar-refractivity contribution in [1.29, 1.82) is 0 Å². The zero-order chi connectivity index (χ0) is 9.90. The molecule has 0 spiro atoms. The fourth-order valence-corrected chi connectivity index (χ4v) is 0.988. The summed E-state index contributed by atoms with van der Waals surface area (Å²) in [6.45, 7) is 7.46. The molecule has 13 heavy (non-hydrogen) atoms. The van der Waals surface area contributed by atoms with E-state index in [1.54, 1.807) is 0 Å². The predicted octanol–water partition coefficient (Wildman–Crippen LogP) is 0.901. The van der Waals surface area contributed by atoms with E-state index in [2.05, 4.69) is 31.4 Å². The van der Waals surface area contributed by atoms with Gasteiger partial charge < -0.3 is 10.6 Å². The molecule has 0 radical (unpaired) electrons. The van der Waals surface area contributed by atoms with Gasteiger partial charge in [0.1, 0.15) is 0 Å². The summed E-state index contributed by atoms with van der Waals surface area (Å²) in [7, 11) is 0. The fourth-order valence-electron chi connectivity index (χ4n) is 0.988. The smallest absolute Gasteiger partial charge is 0.233 e. The third kappa shape index (κ3) is 5.64. The van der Waals surface area contributed by atoms with Gasteiger partial charge in [-0.15, -0.1) is 0 Å². The normalized spacial score (nSPS) is 17.2. The van der Waals surface area contributed by atoms with Crippen LogP contribution >= 0.6 is 0 Å². The Morgan fingerprint density at radius 1 is 1.38 bits per heavy atom. The van der Waals surface area contributed by atoms with E-state index in [9.17, 15) is 4.79 Å². The lowest BCUT2D eigenvalue weighted by Gasteiger charge is -2.19. The minimum atomic E-state index is 0.0247. The SMILES string of the molecule is CC(C)(C)NCC(=O)NCC1CC1. The molecule has 1 fully saturated rings. The van der Waals surface area contributed by atoms with E-state index in [1.165, 1.54) is 12.8 Å². The number of hydrogen-bond acceptors (Lipinski definition) is 2. The van der Waals surface area contributed by atoms with Gasteiger partial charge in [-0.1, -0.05) is 0 Å². The highest BCUT2D eigenvalue weighted by molar-refractivity contribution is 5.78. The van der Waals surface area contributed by atoms with Gasteiger partial charge in [0.05, 0.1) is 6.54 Å². The average molecular weight is 184 g/mol. The van der Waals surface area contributed by atoms with Crippen LogP contribution in [0.25, 0.3) is 0 Å². The fraction of sp³-hybridized carbons (Fsp3) is 0.900. The minimum absolute atomic E-state index is 0.0247. The summed E-state index contributed by atoms with van der Waals surface area (Å²) in [4.78, 5) is 11.2. The van der Waals surface area contributed by atoms with E-state index in [0.29, 0.717) is 6.54 Å². The molecule has 3 nitrogen and oxygen atoms in total. The third-order valence-electron chi connectivity index (χ3n) is 2.06. The first-order valence-electron chi connectivity index (χ1n) is 4.99. The largest absolute Gasteiger partial charge is 0.355 e. The van der Waals surface area contributed by atoms with E-state index in [0.717, 1.165) is 12.5 Å². The maximum atomic E-state index is 11.2. The molecule has 0 saturated heterocycles. The summed E-state index contributed by atoms with van der Waals surface area (Å²) in [5, 5.41) is 6.07. The van der Waals surface area contributed by atoms with Crippen molar-refractivity contribution in [1.82, 2.24) is 10.6 Å². The van der Waals surface area contributed by atoms with Gasteiger partial charge in [0, 0.05) is 12.1 Å². The molecular weight excluding hydrogens is 164 g/mol. The Balaban J connectivity index is 2.03. The van der Waals surface area contributed by atoms with Crippen LogP contribution in [0, 0.1) is 5.92 Å². The highest BCUT2D eigenvalue weighted by Gasteiger charge is 2.21. The highest BCUT2D eigenvalue weighted by atomic mass is 16.1. The van der Waals surface area contributed by atoms with Crippen LogP contribution in [0.2, 0.25) is 0 Å². The van der Waals surface area contributed by atoms with Gasteiger partial charge in [-0.3, -0.25) is 4.79 Å². The number of nitrogens with one attached hydrogen (secondary N) is 2.